The number of unbranched alkanes of at least 4 members (excludes halogenated alkanes) is 4. The number of urea groups is 1. The number of hydrogen-bond donors (Lipinski definition) is 2. The van der Waals surface area contributed by atoms with Crippen LogP contribution in [-0.2, 0) is 16.1 Å². The van der Waals surface area contributed by atoms with E-state index in [-0.39, 0.29) is 18.5 Å². The van der Waals surface area contributed by atoms with E-state index < -0.39 is 23.6 Å². The first-order chi connectivity index (χ1) is 16.1. The Morgan fingerprint density at radius 3 is 2.26 bits per heavy atom. The summed E-state index contributed by atoms with van der Waals surface area (Å²) in [5.41, 5.74) is -0.0806. The van der Waals surface area contributed by atoms with Gasteiger partial charge in [0.1, 0.15) is 11.9 Å². The molecule has 6 nitrogen and oxygen atoms in total. The summed E-state index contributed by atoms with van der Waals surface area (Å²) in [5, 5.41) is 14.0. The van der Waals surface area contributed by atoms with Crippen molar-refractivity contribution in [2.75, 3.05) is 7.05 Å². The van der Waals surface area contributed by atoms with Crippen LogP contribution in [0.3, 0.4) is 0 Å². The number of benzene rings is 1. The van der Waals surface area contributed by atoms with Crippen LogP contribution < -0.4 is 5.32 Å². The van der Waals surface area contributed by atoms with Crippen LogP contribution >= 0.6 is 0 Å². The van der Waals surface area contributed by atoms with Crippen molar-refractivity contribution in [2.45, 2.75) is 116 Å². The Morgan fingerprint density at radius 2 is 1.68 bits per heavy atom. The van der Waals surface area contributed by atoms with Gasteiger partial charge in [-0.1, -0.05) is 64.5 Å². The number of hydrogen-bond acceptors (Lipinski definition) is 4. The monoisotopic (exact) mass is 480 g/mol. The number of nitrogens with one attached hydrogen (secondary N) is 1. The molecule has 0 aliphatic rings. The summed E-state index contributed by atoms with van der Waals surface area (Å²) >= 11 is 0. The smallest absolute Gasteiger partial charge is 0.328 e. The lowest BCUT2D eigenvalue weighted by Crippen LogP contribution is -2.48. The number of amides is 2. The molecular formula is C27H45FN2O4. The predicted octanol–water partition coefficient (Wildman–Crippen LogP) is 5.96. The molecule has 7 heteroatoms. The lowest BCUT2D eigenvalue weighted by Gasteiger charge is -2.30. The van der Waals surface area contributed by atoms with Gasteiger partial charge in [0.25, 0.3) is 0 Å². The quantitative estimate of drug-likeness (QED) is 0.226. The zero-order chi connectivity index (χ0) is 25.6. The Morgan fingerprint density at radius 1 is 1.03 bits per heavy atom. The molecule has 0 bridgehead atoms. The van der Waals surface area contributed by atoms with Crippen LogP contribution in [0.1, 0.15) is 97.5 Å². The Kier molecular flexibility index (Phi) is 13.8. The first-order valence-electron chi connectivity index (χ1n) is 12.8. The summed E-state index contributed by atoms with van der Waals surface area (Å²) in [6.45, 7) is 8.02. The number of rotatable bonds is 16. The van der Waals surface area contributed by atoms with E-state index in [0.717, 1.165) is 24.8 Å². The van der Waals surface area contributed by atoms with E-state index >= 15 is 0 Å². The third kappa shape index (κ3) is 11.8. The standard InChI is InChI=1S/C27H45FN2O4/c1-6-8-9-10-11-18-27(33,17-7-2)19-16-24(25(31)34-21(3)4)29-26(32)30(5)20-22-12-14-23(28)15-13-22/h12-15,21,24,33H,6-11,16-20H2,1-5H3,(H,29,32). The summed E-state index contributed by atoms with van der Waals surface area (Å²) < 4.78 is 18.5. The van der Waals surface area contributed by atoms with E-state index in [9.17, 15) is 19.1 Å². The van der Waals surface area contributed by atoms with Crippen LogP contribution in [0.5, 0.6) is 0 Å². The maximum absolute atomic E-state index is 13.2. The van der Waals surface area contributed by atoms with Crippen LogP contribution in [0.25, 0.3) is 0 Å². The minimum Gasteiger partial charge on any atom is -0.461 e. The molecule has 2 unspecified atom stereocenters. The van der Waals surface area contributed by atoms with Gasteiger partial charge >= 0.3 is 12.0 Å². The SMILES string of the molecule is CCCCCCCC(O)(CCC)CCC(NC(=O)N(C)Cc1ccc(F)cc1)C(=O)OC(C)C. The molecule has 0 aromatic heterocycles. The largest absolute Gasteiger partial charge is 0.461 e. The van der Waals surface area contributed by atoms with Crippen molar-refractivity contribution < 1.29 is 23.8 Å². The van der Waals surface area contributed by atoms with Gasteiger partial charge in [-0.15, -0.1) is 0 Å². The van der Waals surface area contributed by atoms with E-state index in [1.165, 1.54) is 36.3 Å². The van der Waals surface area contributed by atoms with Gasteiger partial charge in [0.2, 0.25) is 0 Å². The van der Waals surface area contributed by atoms with E-state index in [0.29, 0.717) is 25.7 Å². The van der Waals surface area contributed by atoms with E-state index in [1.807, 2.05) is 6.92 Å². The van der Waals surface area contributed by atoms with Gasteiger partial charge in [-0.05, 0) is 57.2 Å². The molecule has 0 heterocycles. The molecule has 0 aliphatic heterocycles. The molecule has 0 fully saturated rings. The third-order valence-electron chi connectivity index (χ3n) is 5.97. The van der Waals surface area contributed by atoms with Crippen LogP contribution in [0, 0.1) is 5.82 Å². The van der Waals surface area contributed by atoms with Gasteiger partial charge in [0.15, 0.2) is 0 Å². The summed E-state index contributed by atoms with van der Waals surface area (Å²) in [5.74, 6) is -0.836. The average molecular weight is 481 g/mol. The summed E-state index contributed by atoms with van der Waals surface area (Å²) in [6.07, 6.45) is 8.17. The molecule has 2 amide bonds. The molecule has 0 saturated heterocycles. The number of carbonyl (C=O) groups excluding carboxylic acids is 2. The molecule has 194 valence electrons. The molecule has 1 rings (SSSR count). The molecule has 2 N–H and O–H groups in total. The molecule has 0 saturated carbocycles. The zero-order valence-electron chi connectivity index (χ0n) is 21.7. The minimum absolute atomic E-state index is 0.273. The lowest BCUT2D eigenvalue weighted by molar-refractivity contribution is -0.150. The number of aliphatic hydroxyl groups is 1. The van der Waals surface area contributed by atoms with Crippen molar-refractivity contribution in [2.24, 2.45) is 0 Å². The Balaban J connectivity index is 2.78. The first-order valence-corrected chi connectivity index (χ1v) is 12.8. The summed E-state index contributed by atoms with van der Waals surface area (Å²) in [4.78, 5) is 27.0. The second kappa shape index (κ2) is 15.7. The number of esters is 1. The highest BCUT2D eigenvalue weighted by Crippen LogP contribution is 2.27. The number of halogens is 1. The third-order valence-corrected chi connectivity index (χ3v) is 5.97. The normalized spacial score (nSPS) is 13.9. The van der Waals surface area contributed by atoms with Crippen molar-refractivity contribution in [1.29, 1.82) is 0 Å². The fraction of sp³-hybridized carbons (Fsp3) is 0.704. The summed E-state index contributed by atoms with van der Waals surface area (Å²) in [7, 11) is 1.62. The second-order valence-corrected chi connectivity index (χ2v) is 9.65. The highest BCUT2D eigenvalue weighted by molar-refractivity contribution is 5.83. The fourth-order valence-corrected chi connectivity index (χ4v) is 4.07. The van der Waals surface area contributed by atoms with Crippen LogP contribution in [0.4, 0.5) is 9.18 Å². The van der Waals surface area contributed by atoms with Crippen LogP contribution in [0.2, 0.25) is 0 Å². The van der Waals surface area contributed by atoms with Gasteiger partial charge in [0.05, 0.1) is 11.7 Å². The van der Waals surface area contributed by atoms with Gasteiger partial charge < -0.3 is 20.1 Å². The van der Waals surface area contributed by atoms with Gasteiger partial charge in [-0.25, -0.2) is 14.0 Å². The van der Waals surface area contributed by atoms with Crippen molar-refractivity contribution in [3.8, 4) is 0 Å². The topological polar surface area (TPSA) is 78.9 Å². The zero-order valence-corrected chi connectivity index (χ0v) is 21.7. The van der Waals surface area contributed by atoms with Crippen molar-refractivity contribution in [3.63, 3.8) is 0 Å². The number of carbonyl (C=O) groups is 2. The second-order valence-electron chi connectivity index (χ2n) is 9.65. The Bertz CT molecular complexity index is 726. The minimum atomic E-state index is -0.859. The molecule has 0 aliphatic carbocycles. The van der Waals surface area contributed by atoms with Crippen molar-refractivity contribution in [1.82, 2.24) is 10.2 Å². The maximum Gasteiger partial charge on any atom is 0.328 e. The number of ether oxygens (including phenoxy) is 1. The molecular weight excluding hydrogens is 435 g/mol. The van der Waals surface area contributed by atoms with E-state index in [4.69, 9.17) is 4.74 Å². The van der Waals surface area contributed by atoms with Gasteiger partial charge in [-0.2, -0.15) is 0 Å². The predicted molar refractivity (Wildman–Crippen MR) is 134 cm³/mol. The van der Waals surface area contributed by atoms with Gasteiger partial charge in [0, 0.05) is 13.6 Å². The fourth-order valence-electron chi connectivity index (χ4n) is 4.07. The molecule has 1 aromatic rings. The van der Waals surface area contributed by atoms with E-state index in [2.05, 4.69) is 12.2 Å². The Hall–Kier alpha value is -2.15. The lowest BCUT2D eigenvalue weighted by atomic mass is 9.85. The molecule has 0 radical (unpaired) electrons. The molecule has 1 aromatic carbocycles. The van der Waals surface area contributed by atoms with E-state index in [1.54, 1.807) is 33.0 Å². The van der Waals surface area contributed by atoms with Crippen molar-refractivity contribution in [3.05, 3.63) is 35.6 Å². The summed E-state index contributed by atoms with van der Waals surface area (Å²) in [6, 6.07) is 4.66. The molecule has 0 spiro atoms. The highest BCUT2D eigenvalue weighted by Gasteiger charge is 2.31. The Labute approximate surface area is 205 Å². The van der Waals surface area contributed by atoms with Crippen LogP contribution in [0.15, 0.2) is 24.3 Å². The average Bonchev–Trinajstić information content (AvgIpc) is 2.77. The maximum atomic E-state index is 13.2. The van der Waals surface area contributed by atoms with Crippen molar-refractivity contribution >= 4 is 12.0 Å². The van der Waals surface area contributed by atoms with Gasteiger partial charge in [-0.3, -0.25) is 0 Å². The number of nitrogens with zero attached hydrogens (tertiary/aromatic N) is 1. The first kappa shape index (κ1) is 29.9. The molecule has 2 atom stereocenters. The highest BCUT2D eigenvalue weighted by atomic mass is 19.1. The molecule has 34 heavy (non-hydrogen) atoms. The van der Waals surface area contributed by atoms with Crippen LogP contribution in [-0.4, -0.2) is 46.8 Å².